The van der Waals surface area contributed by atoms with Crippen molar-refractivity contribution in [2.75, 3.05) is 40.4 Å². The molecule has 0 saturated carbocycles. The van der Waals surface area contributed by atoms with Crippen LogP contribution in [0.25, 0.3) is 0 Å². The summed E-state index contributed by atoms with van der Waals surface area (Å²) in [5.74, 6) is 2.73. The lowest BCUT2D eigenvalue weighted by Gasteiger charge is -2.30. The molecule has 1 saturated heterocycles. The van der Waals surface area contributed by atoms with Gasteiger partial charge in [0.2, 0.25) is 5.89 Å². The van der Waals surface area contributed by atoms with E-state index in [4.69, 9.17) is 14.0 Å². The summed E-state index contributed by atoms with van der Waals surface area (Å²) in [7, 11) is 3.15. The first-order chi connectivity index (χ1) is 13.9. The minimum Gasteiger partial charge on any atom is -0.497 e. The van der Waals surface area contributed by atoms with Gasteiger partial charge in [-0.05, 0) is 31.4 Å². The fraction of sp³-hybridized carbons (Fsp3) is 0.571. The van der Waals surface area contributed by atoms with Gasteiger partial charge in [0.25, 0.3) is 5.91 Å². The maximum Gasteiger partial charge on any atom is 0.257 e. The summed E-state index contributed by atoms with van der Waals surface area (Å²) in [6, 6.07) is 5.13. The zero-order valence-corrected chi connectivity index (χ0v) is 17.8. The van der Waals surface area contributed by atoms with E-state index in [9.17, 15) is 4.79 Å². The highest BCUT2D eigenvalue weighted by atomic mass is 16.5. The first-order valence-corrected chi connectivity index (χ1v) is 9.98. The van der Waals surface area contributed by atoms with E-state index in [1.54, 1.807) is 32.4 Å². The number of carbonyl (C=O) groups is 1. The molecule has 1 aliphatic rings. The fourth-order valence-corrected chi connectivity index (χ4v) is 3.74. The van der Waals surface area contributed by atoms with Crippen molar-refractivity contribution in [3.63, 3.8) is 0 Å². The highest BCUT2D eigenvalue weighted by Gasteiger charge is 2.33. The second kappa shape index (κ2) is 9.26. The van der Waals surface area contributed by atoms with Crippen molar-refractivity contribution in [1.82, 2.24) is 19.9 Å². The van der Waals surface area contributed by atoms with E-state index in [-0.39, 0.29) is 11.9 Å². The molecule has 0 spiro atoms. The number of amides is 1. The molecule has 0 aliphatic carbocycles. The van der Waals surface area contributed by atoms with E-state index in [0.717, 1.165) is 19.5 Å². The Morgan fingerprint density at radius 2 is 2.07 bits per heavy atom. The Kier molecular flexibility index (Phi) is 6.74. The number of methoxy groups -OCH3 is 2. The van der Waals surface area contributed by atoms with Gasteiger partial charge in [-0.15, -0.1) is 0 Å². The van der Waals surface area contributed by atoms with Gasteiger partial charge in [0.15, 0.2) is 5.82 Å². The zero-order valence-electron chi connectivity index (χ0n) is 17.8. The standard InChI is InChI=1S/C21H30N4O4/c1-14(2)12-24-9-6-10-25(13-18(24)20-22-15(3)23-29-20)21(26)17-8-7-16(27-4)11-19(17)28-5/h7-8,11,14,18H,6,9-10,12-13H2,1-5H3. The molecule has 0 bridgehead atoms. The highest BCUT2D eigenvalue weighted by Crippen LogP contribution is 2.29. The van der Waals surface area contributed by atoms with Crippen LogP contribution in [0.15, 0.2) is 22.7 Å². The number of benzene rings is 1. The highest BCUT2D eigenvalue weighted by molar-refractivity contribution is 5.97. The topological polar surface area (TPSA) is 80.9 Å². The van der Waals surface area contributed by atoms with Crippen molar-refractivity contribution < 1.29 is 18.8 Å². The molecular weight excluding hydrogens is 372 g/mol. The molecule has 1 amide bonds. The predicted molar refractivity (Wildman–Crippen MR) is 108 cm³/mol. The van der Waals surface area contributed by atoms with E-state index in [1.807, 2.05) is 11.8 Å². The Labute approximate surface area is 171 Å². The SMILES string of the molecule is COc1ccc(C(=O)N2CCCN(CC(C)C)C(c3nc(C)no3)C2)c(OC)c1. The molecule has 3 rings (SSSR count). The molecular formula is C21H30N4O4. The smallest absolute Gasteiger partial charge is 0.257 e. The van der Waals surface area contributed by atoms with Crippen molar-refractivity contribution >= 4 is 5.91 Å². The van der Waals surface area contributed by atoms with Crippen LogP contribution in [-0.2, 0) is 0 Å². The number of aromatic nitrogens is 2. The minimum absolute atomic E-state index is 0.0721. The van der Waals surface area contributed by atoms with Crippen LogP contribution in [0.3, 0.4) is 0 Å². The number of ether oxygens (including phenoxy) is 2. The van der Waals surface area contributed by atoms with Crippen LogP contribution in [0.5, 0.6) is 11.5 Å². The van der Waals surface area contributed by atoms with Gasteiger partial charge >= 0.3 is 0 Å². The Morgan fingerprint density at radius 3 is 2.69 bits per heavy atom. The first-order valence-electron chi connectivity index (χ1n) is 9.98. The zero-order chi connectivity index (χ0) is 21.0. The molecule has 0 radical (unpaired) electrons. The van der Waals surface area contributed by atoms with Crippen molar-refractivity contribution in [1.29, 1.82) is 0 Å². The van der Waals surface area contributed by atoms with Gasteiger partial charge in [-0.2, -0.15) is 4.98 Å². The van der Waals surface area contributed by atoms with E-state index in [1.165, 1.54) is 0 Å². The lowest BCUT2D eigenvalue weighted by atomic mass is 10.1. The Balaban J connectivity index is 1.89. The van der Waals surface area contributed by atoms with Gasteiger partial charge in [0, 0.05) is 32.2 Å². The molecule has 1 unspecified atom stereocenters. The maximum absolute atomic E-state index is 13.4. The molecule has 8 nitrogen and oxygen atoms in total. The van der Waals surface area contributed by atoms with Crippen molar-refractivity contribution in [3.8, 4) is 11.5 Å². The Hall–Kier alpha value is -2.61. The average molecular weight is 402 g/mol. The lowest BCUT2D eigenvalue weighted by Crippen LogP contribution is -2.39. The van der Waals surface area contributed by atoms with Gasteiger partial charge in [0.05, 0.1) is 19.8 Å². The van der Waals surface area contributed by atoms with Crippen molar-refractivity contribution in [2.24, 2.45) is 5.92 Å². The minimum atomic E-state index is -0.130. The summed E-state index contributed by atoms with van der Waals surface area (Å²) in [6.07, 6.45) is 0.876. The van der Waals surface area contributed by atoms with Crippen LogP contribution in [0.1, 0.15) is 48.4 Å². The number of carbonyl (C=O) groups excluding carboxylic acids is 1. The van der Waals surface area contributed by atoms with Crippen LogP contribution in [0.2, 0.25) is 0 Å². The van der Waals surface area contributed by atoms with Gasteiger partial charge in [-0.3, -0.25) is 9.69 Å². The van der Waals surface area contributed by atoms with Crippen molar-refractivity contribution in [2.45, 2.75) is 33.2 Å². The summed E-state index contributed by atoms with van der Waals surface area (Å²) >= 11 is 0. The molecule has 0 N–H and O–H groups in total. The van der Waals surface area contributed by atoms with Gasteiger partial charge in [-0.1, -0.05) is 19.0 Å². The summed E-state index contributed by atoms with van der Waals surface area (Å²) in [5.41, 5.74) is 0.520. The third kappa shape index (κ3) is 4.87. The molecule has 1 atom stereocenters. The van der Waals surface area contributed by atoms with Crippen molar-refractivity contribution in [3.05, 3.63) is 35.5 Å². The van der Waals surface area contributed by atoms with Gasteiger partial charge in [-0.25, -0.2) is 0 Å². The van der Waals surface area contributed by atoms with E-state index in [2.05, 4.69) is 28.9 Å². The number of hydrogen-bond donors (Lipinski definition) is 0. The molecule has 8 heteroatoms. The monoisotopic (exact) mass is 402 g/mol. The molecule has 1 aliphatic heterocycles. The van der Waals surface area contributed by atoms with Crippen LogP contribution in [0, 0.1) is 12.8 Å². The average Bonchev–Trinajstić information content (AvgIpc) is 3.03. The van der Waals surface area contributed by atoms with Crippen LogP contribution in [-0.4, -0.2) is 66.2 Å². The summed E-state index contributed by atoms with van der Waals surface area (Å²) < 4.78 is 16.2. The molecule has 1 aromatic carbocycles. The van der Waals surface area contributed by atoms with Crippen LogP contribution in [0.4, 0.5) is 0 Å². The predicted octanol–water partition coefficient (Wildman–Crippen LogP) is 2.94. The van der Waals surface area contributed by atoms with E-state index >= 15 is 0 Å². The molecule has 1 aromatic heterocycles. The second-order valence-electron chi connectivity index (χ2n) is 7.76. The molecule has 2 aromatic rings. The second-order valence-corrected chi connectivity index (χ2v) is 7.76. The molecule has 1 fully saturated rings. The quantitative estimate of drug-likeness (QED) is 0.735. The summed E-state index contributed by atoms with van der Waals surface area (Å²) in [5, 5.41) is 3.96. The maximum atomic E-state index is 13.4. The molecule has 158 valence electrons. The Morgan fingerprint density at radius 1 is 1.28 bits per heavy atom. The Bertz CT molecular complexity index is 836. The third-order valence-corrected chi connectivity index (χ3v) is 5.06. The first kappa shape index (κ1) is 21.1. The lowest BCUT2D eigenvalue weighted by molar-refractivity contribution is 0.0705. The van der Waals surface area contributed by atoms with Gasteiger partial charge in [0.1, 0.15) is 17.5 Å². The number of aryl methyl sites for hydroxylation is 1. The number of nitrogens with zero attached hydrogens (tertiary/aromatic N) is 4. The summed E-state index contributed by atoms with van der Waals surface area (Å²) in [4.78, 5) is 22.0. The van der Waals surface area contributed by atoms with Gasteiger partial charge < -0.3 is 18.9 Å². The number of hydrogen-bond acceptors (Lipinski definition) is 7. The normalized spacial score (nSPS) is 18.0. The molecule has 29 heavy (non-hydrogen) atoms. The van der Waals surface area contributed by atoms with E-state index in [0.29, 0.717) is 47.8 Å². The third-order valence-electron chi connectivity index (χ3n) is 5.06. The van der Waals surface area contributed by atoms with E-state index < -0.39 is 0 Å². The fourth-order valence-electron chi connectivity index (χ4n) is 3.74. The molecule has 2 heterocycles. The van der Waals surface area contributed by atoms with Crippen LogP contribution < -0.4 is 9.47 Å². The largest absolute Gasteiger partial charge is 0.497 e. The van der Waals surface area contributed by atoms with Crippen LogP contribution >= 0.6 is 0 Å². The summed E-state index contributed by atoms with van der Waals surface area (Å²) in [6.45, 7) is 9.10. The number of rotatable bonds is 6.